The molecule has 2 unspecified atom stereocenters. The smallest absolute Gasteiger partial charge is 0.167 e. The molecule has 1 aromatic heterocycles. The first kappa shape index (κ1) is 10.9. The number of carbonyl (C=O) groups is 1. The van der Waals surface area contributed by atoms with E-state index in [2.05, 4.69) is 6.92 Å². The summed E-state index contributed by atoms with van der Waals surface area (Å²) in [5, 5.41) is 2.02. The summed E-state index contributed by atoms with van der Waals surface area (Å²) in [7, 11) is 0. The van der Waals surface area contributed by atoms with Gasteiger partial charge in [-0.25, -0.2) is 0 Å². The van der Waals surface area contributed by atoms with Crippen LogP contribution < -0.4 is 0 Å². The van der Waals surface area contributed by atoms with E-state index in [0.717, 1.165) is 24.3 Å². The SMILES string of the molecule is CCC1CCC(C(=O)c2ccsc2C)C1. The highest BCUT2D eigenvalue weighted by Crippen LogP contribution is 2.35. The van der Waals surface area contributed by atoms with Crippen LogP contribution in [0.5, 0.6) is 0 Å². The molecule has 2 atom stereocenters. The minimum Gasteiger partial charge on any atom is -0.294 e. The summed E-state index contributed by atoms with van der Waals surface area (Å²) in [5.41, 5.74) is 0.974. The third kappa shape index (κ3) is 2.15. The fraction of sp³-hybridized carbons (Fsp3) is 0.615. The van der Waals surface area contributed by atoms with Gasteiger partial charge in [0.25, 0.3) is 0 Å². The molecule has 1 fully saturated rings. The van der Waals surface area contributed by atoms with Gasteiger partial charge in [0.2, 0.25) is 0 Å². The molecule has 1 aromatic rings. The highest BCUT2D eigenvalue weighted by atomic mass is 32.1. The van der Waals surface area contributed by atoms with Crippen LogP contribution in [0.1, 0.15) is 47.8 Å². The lowest BCUT2D eigenvalue weighted by Gasteiger charge is -2.08. The molecule has 0 saturated heterocycles. The summed E-state index contributed by atoms with van der Waals surface area (Å²) in [6.07, 6.45) is 4.69. The van der Waals surface area contributed by atoms with Crippen molar-refractivity contribution in [2.75, 3.05) is 0 Å². The van der Waals surface area contributed by atoms with Gasteiger partial charge in [-0.3, -0.25) is 4.79 Å². The maximum atomic E-state index is 12.2. The predicted molar refractivity (Wildman–Crippen MR) is 64.5 cm³/mol. The fourth-order valence-corrected chi connectivity index (χ4v) is 3.25. The number of hydrogen-bond acceptors (Lipinski definition) is 2. The van der Waals surface area contributed by atoms with E-state index in [-0.39, 0.29) is 0 Å². The summed E-state index contributed by atoms with van der Waals surface area (Å²) in [5.74, 6) is 1.49. The van der Waals surface area contributed by atoms with E-state index in [0.29, 0.717) is 11.7 Å². The Hall–Kier alpha value is -0.630. The maximum absolute atomic E-state index is 12.2. The first-order chi connectivity index (χ1) is 7.22. The number of ketones is 1. The Morgan fingerprint density at radius 1 is 1.53 bits per heavy atom. The predicted octanol–water partition coefficient (Wildman–Crippen LogP) is 4.07. The minimum absolute atomic E-state index is 0.309. The summed E-state index contributed by atoms with van der Waals surface area (Å²) >= 11 is 1.68. The third-order valence-electron chi connectivity index (χ3n) is 3.61. The topological polar surface area (TPSA) is 17.1 Å². The van der Waals surface area contributed by atoms with E-state index in [1.807, 2.05) is 18.4 Å². The molecular formula is C13H18OS. The molecule has 82 valence electrons. The third-order valence-corrected chi connectivity index (χ3v) is 4.46. The Morgan fingerprint density at radius 2 is 2.33 bits per heavy atom. The van der Waals surface area contributed by atoms with Gasteiger partial charge in [0, 0.05) is 16.4 Å². The number of hydrogen-bond donors (Lipinski definition) is 0. The minimum atomic E-state index is 0.309. The molecule has 1 aliphatic rings. The van der Waals surface area contributed by atoms with Crippen LogP contribution in [0, 0.1) is 18.8 Å². The van der Waals surface area contributed by atoms with Crippen LogP contribution in [0.15, 0.2) is 11.4 Å². The van der Waals surface area contributed by atoms with E-state index in [9.17, 15) is 4.79 Å². The van der Waals surface area contributed by atoms with Crippen LogP contribution in [-0.4, -0.2) is 5.78 Å². The average Bonchev–Trinajstić information content (AvgIpc) is 2.84. The largest absolute Gasteiger partial charge is 0.294 e. The van der Waals surface area contributed by atoms with Gasteiger partial charge in [0.1, 0.15) is 0 Å². The molecule has 2 heteroatoms. The zero-order valence-corrected chi connectivity index (χ0v) is 10.3. The second-order valence-corrected chi connectivity index (χ2v) is 5.66. The molecule has 0 amide bonds. The summed E-state index contributed by atoms with van der Waals surface area (Å²) in [4.78, 5) is 13.4. The van der Waals surface area contributed by atoms with Gasteiger partial charge in [0.15, 0.2) is 5.78 Å². The highest BCUT2D eigenvalue weighted by Gasteiger charge is 2.30. The molecular weight excluding hydrogens is 204 g/mol. The van der Waals surface area contributed by atoms with E-state index >= 15 is 0 Å². The average molecular weight is 222 g/mol. The molecule has 0 aliphatic heterocycles. The van der Waals surface area contributed by atoms with E-state index in [1.54, 1.807) is 11.3 Å². The Kier molecular flexibility index (Phi) is 3.25. The second kappa shape index (κ2) is 4.48. The van der Waals surface area contributed by atoms with Gasteiger partial charge < -0.3 is 0 Å². The Labute approximate surface area is 95.5 Å². The van der Waals surface area contributed by atoms with E-state index in [4.69, 9.17) is 0 Å². The monoisotopic (exact) mass is 222 g/mol. The molecule has 1 heterocycles. The van der Waals surface area contributed by atoms with Gasteiger partial charge >= 0.3 is 0 Å². The van der Waals surface area contributed by atoms with Crippen LogP contribution in [0.2, 0.25) is 0 Å². The molecule has 0 spiro atoms. The molecule has 1 nitrogen and oxygen atoms in total. The van der Waals surface area contributed by atoms with Crippen molar-refractivity contribution in [3.8, 4) is 0 Å². The van der Waals surface area contributed by atoms with Gasteiger partial charge in [0.05, 0.1) is 0 Å². The Bertz CT molecular complexity index is 353. The number of thiophene rings is 1. The molecule has 1 saturated carbocycles. The van der Waals surface area contributed by atoms with Gasteiger partial charge in [-0.05, 0) is 43.6 Å². The lowest BCUT2D eigenvalue weighted by Crippen LogP contribution is -2.11. The second-order valence-electron chi connectivity index (χ2n) is 4.54. The normalized spacial score (nSPS) is 25.7. The summed E-state index contributed by atoms with van der Waals surface area (Å²) in [6, 6.07) is 1.99. The zero-order chi connectivity index (χ0) is 10.8. The number of aryl methyl sites for hydroxylation is 1. The fourth-order valence-electron chi connectivity index (χ4n) is 2.54. The molecule has 1 aliphatic carbocycles. The van der Waals surface area contributed by atoms with Crippen molar-refractivity contribution in [1.29, 1.82) is 0 Å². The van der Waals surface area contributed by atoms with Crippen molar-refractivity contribution < 1.29 is 4.79 Å². The summed E-state index contributed by atoms with van der Waals surface area (Å²) in [6.45, 7) is 4.28. The lowest BCUT2D eigenvalue weighted by molar-refractivity contribution is 0.0920. The van der Waals surface area contributed by atoms with Crippen LogP contribution in [0.4, 0.5) is 0 Å². The van der Waals surface area contributed by atoms with Crippen molar-refractivity contribution in [2.24, 2.45) is 11.8 Å². The van der Waals surface area contributed by atoms with Crippen molar-refractivity contribution in [3.05, 3.63) is 21.9 Å². The maximum Gasteiger partial charge on any atom is 0.167 e. The molecule has 0 radical (unpaired) electrons. The van der Waals surface area contributed by atoms with Gasteiger partial charge in [-0.15, -0.1) is 11.3 Å². The van der Waals surface area contributed by atoms with Crippen molar-refractivity contribution in [1.82, 2.24) is 0 Å². The first-order valence-corrected chi connectivity index (χ1v) is 6.68. The van der Waals surface area contributed by atoms with E-state index < -0.39 is 0 Å². The van der Waals surface area contributed by atoms with Crippen LogP contribution in [-0.2, 0) is 0 Å². The van der Waals surface area contributed by atoms with Crippen LogP contribution in [0.25, 0.3) is 0 Å². The van der Waals surface area contributed by atoms with Gasteiger partial charge in [-0.2, -0.15) is 0 Å². The van der Waals surface area contributed by atoms with Crippen LogP contribution in [0.3, 0.4) is 0 Å². The number of rotatable bonds is 3. The van der Waals surface area contributed by atoms with Crippen molar-refractivity contribution in [2.45, 2.75) is 39.5 Å². The molecule has 2 rings (SSSR count). The quantitative estimate of drug-likeness (QED) is 0.705. The van der Waals surface area contributed by atoms with Crippen LogP contribution >= 0.6 is 11.3 Å². The van der Waals surface area contributed by atoms with Gasteiger partial charge in [-0.1, -0.05) is 13.3 Å². The summed E-state index contributed by atoms with van der Waals surface area (Å²) < 4.78 is 0. The molecule has 0 N–H and O–H groups in total. The van der Waals surface area contributed by atoms with Crippen molar-refractivity contribution >= 4 is 17.1 Å². The molecule has 0 bridgehead atoms. The van der Waals surface area contributed by atoms with E-state index in [1.165, 1.54) is 17.7 Å². The zero-order valence-electron chi connectivity index (χ0n) is 9.45. The molecule has 0 aromatic carbocycles. The standard InChI is InChI=1S/C13H18OS/c1-3-10-4-5-11(8-10)13(14)12-6-7-15-9(12)2/h6-7,10-11H,3-5,8H2,1-2H3. The Morgan fingerprint density at radius 3 is 2.87 bits per heavy atom. The number of carbonyl (C=O) groups excluding carboxylic acids is 1. The first-order valence-electron chi connectivity index (χ1n) is 5.80. The molecule has 15 heavy (non-hydrogen) atoms. The number of Topliss-reactive ketones (excluding diaryl/α,β-unsaturated/α-hetero) is 1. The van der Waals surface area contributed by atoms with Crippen molar-refractivity contribution in [3.63, 3.8) is 0 Å². The highest BCUT2D eigenvalue weighted by molar-refractivity contribution is 7.10. The Balaban J connectivity index is 2.07. The lowest BCUT2D eigenvalue weighted by atomic mass is 9.95.